The van der Waals surface area contributed by atoms with Crippen molar-refractivity contribution in [1.29, 1.82) is 0 Å². The van der Waals surface area contributed by atoms with Crippen molar-refractivity contribution in [2.24, 2.45) is 0 Å². The number of imidazole rings is 1. The summed E-state index contributed by atoms with van der Waals surface area (Å²) in [5.74, 6) is 6.92. The number of thiazole rings is 1. The van der Waals surface area contributed by atoms with Crippen molar-refractivity contribution in [3.05, 3.63) is 35.1 Å². The van der Waals surface area contributed by atoms with Gasteiger partial charge >= 0.3 is 0 Å². The van der Waals surface area contributed by atoms with E-state index < -0.39 is 0 Å². The number of rotatable bonds is 1. The Bertz CT molecular complexity index is 820. The predicted octanol–water partition coefficient (Wildman–Crippen LogP) is 1.23. The lowest BCUT2D eigenvalue weighted by Gasteiger charge is -2.10. The third-order valence-corrected chi connectivity index (χ3v) is 3.39. The quantitative estimate of drug-likeness (QED) is 0.681. The van der Waals surface area contributed by atoms with Crippen LogP contribution < -0.4 is 10.6 Å². The van der Waals surface area contributed by atoms with E-state index in [4.69, 9.17) is 5.73 Å². The molecular weight excluding hydrogens is 272 g/mol. The highest BCUT2D eigenvalue weighted by atomic mass is 32.1. The average molecular weight is 284 g/mol. The van der Waals surface area contributed by atoms with E-state index >= 15 is 0 Å². The highest BCUT2D eigenvalue weighted by Gasteiger charge is 2.04. The second-order valence-electron chi connectivity index (χ2n) is 4.31. The van der Waals surface area contributed by atoms with Gasteiger partial charge in [-0.15, -0.1) is 5.10 Å². The van der Waals surface area contributed by atoms with Crippen LogP contribution in [0.1, 0.15) is 10.6 Å². The largest absolute Gasteiger partial charge is 0.375 e. The van der Waals surface area contributed by atoms with Crippen LogP contribution in [0.25, 0.3) is 5.65 Å². The summed E-state index contributed by atoms with van der Waals surface area (Å²) in [5.41, 5.74) is 7.07. The van der Waals surface area contributed by atoms with Crippen LogP contribution in [0.15, 0.2) is 24.5 Å². The van der Waals surface area contributed by atoms with Crippen molar-refractivity contribution in [2.45, 2.75) is 0 Å². The zero-order valence-corrected chi connectivity index (χ0v) is 11.8. The summed E-state index contributed by atoms with van der Waals surface area (Å²) in [4.78, 5) is 11.0. The van der Waals surface area contributed by atoms with Gasteiger partial charge in [0.15, 0.2) is 10.8 Å². The molecular formula is C13H12N6S. The van der Waals surface area contributed by atoms with Crippen molar-refractivity contribution >= 4 is 27.9 Å². The van der Waals surface area contributed by atoms with Gasteiger partial charge in [0.05, 0.1) is 17.3 Å². The van der Waals surface area contributed by atoms with Gasteiger partial charge in [-0.3, -0.25) is 0 Å². The maximum Gasteiger partial charge on any atom is 0.181 e. The maximum atomic E-state index is 5.58. The van der Waals surface area contributed by atoms with E-state index in [0.717, 1.165) is 22.0 Å². The van der Waals surface area contributed by atoms with E-state index in [1.807, 2.05) is 31.1 Å². The highest BCUT2D eigenvalue weighted by molar-refractivity contribution is 7.15. The van der Waals surface area contributed by atoms with Gasteiger partial charge in [0.1, 0.15) is 11.5 Å². The number of anilines is 2. The van der Waals surface area contributed by atoms with Crippen LogP contribution in [0.5, 0.6) is 0 Å². The molecule has 2 N–H and O–H groups in total. The number of nitrogens with two attached hydrogens (primary N) is 1. The van der Waals surface area contributed by atoms with Crippen LogP contribution in [0.2, 0.25) is 0 Å². The van der Waals surface area contributed by atoms with E-state index in [2.05, 4.69) is 26.9 Å². The lowest BCUT2D eigenvalue weighted by atomic mass is 10.4. The third-order valence-electron chi connectivity index (χ3n) is 2.64. The predicted molar refractivity (Wildman–Crippen MR) is 79.8 cm³/mol. The van der Waals surface area contributed by atoms with E-state index in [9.17, 15) is 0 Å². The van der Waals surface area contributed by atoms with Gasteiger partial charge in [0.2, 0.25) is 0 Å². The molecule has 0 aliphatic carbocycles. The molecule has 0 amide bonds. The van der Waals surface area contributed by atoms with Gasteiger partial charge in [-0.05, 0) is 24.0 Å². The van der Waals surface area contributed by atoms with Gasteiger partial charge in [0.25, 0.3) is 0 Å². The Morgan fingerprint density at radius 1 is 1.20 bits per heavy atom. The van der Waals surface area contributed by atoms with Gasteiger partial charge in [-0.2, -0.15) is 0 Å². The molecule has 0 radical (unpaired) electrons. The average Bonchev–Trinajstić information content (AvgIpc) is 3.02. The number of fused-ring (bicyclic) bond motifs is 1. The Balaban J connectivity index is 2.03. The van der Waals surface area contributed by atoms with E-state index in [-0.39, 0.29) is 0 Å². The highest BCUT2D eigenvalue weighted by Crippen LogP contribution is 2.13. The molecule has 3 rings (SSSR count). The van der Waals surface area contributed by atoms with Crippen molar-refractivity contribution in [3.8, 4) is 11.8 Å². The minimum absolute atomic E-state index is 0.514. The molecule has 3 heterocycles. The lowest BCUT2D eigenvalue weighted by molar-refractivity contribution is 0.892. The number of aromatic nitrogens is 4. The Labute approximate surface area is 119 Å². The van der Waals surface area contributed by atoms with Crippen LogP contribution >= 0.6 is 11.3 Å². The SMILES string of the molecule is CN(C)c1ccc2ncc(C#Cc3cnc(N)s3)n2n1. The smallest absolute Gasteiger partial charge is 0.181 e. The van der Waals surface area contributed by atoms with Crippen LogP contribution in [-0.2, 0) is 0 Å². The molecule has 3 aromatic heterocycles. The Morgan fingerprint density at radius 3 is 2.75 bits per heavy atom. The molecule has 0 fully saturated rings. The monoisotopic (exact) mass is 284 g/mol. The molecule has 0 bridgehead atoms. The minimum atomic E-state index is 0.514. The summed E-state index contributed by atoms with van der Waals surface area (Å²) in [6.45, 7) is 0. The molecule has 100 valence electrons. The molecule has 20 heavy (non-hydrogen) atoms. The maximum absolute atomic E-state index is 5.58. The molecule has 0 saturated carbocycles. The van der Waals surface area contributed by atoms with Crippen molar-refractivity contribution in [2.75, 3.05) is 24.7 Å². The summed E-state index contributed by atoms with van der Waals surface area (Å²) >= 11 is 1.36. The van der Waals surface area contributed by atoms with Gasteiger partial charge in [0, 0.05) is 14.1 Å². The molecule has 0 unspecified atom stereocenters. The first-order valence-corrected chi connectivity index (χ1v) is 6.70. The second-order valence-corrected chi connectivity index (χ2v) is 5.37. The van der Waals surface area contributed by atoms with Crippen LogP contribution in [0, 0.1) is 11.8 Å². The molecule has 0 aliphatic rings. The van der Waals surface area contributed by atoms with E-state index in [0.29, 0.717) is 5.13 Å². The van der Waals surface area contributed by atoms with E-state index in [1.54, 1.807) is 16.9 Å². The lowest BCUT2D eigenvalue weighted by Crippen LogP contribution is -2.12. The molecule has 0 atom stereocenters. The topological polar surface area (TPSA) is 72.3 Å². The molecule has 0 aliphatic heterocycles. The fraction of sp³-hybridized carbons (Fsp3) is 0.154. The van der Waals surface area contributed by atoms with Gasteiger partial charge in [-0.25, -0.2) is 14.5 Å². The number of nitrogen functional groups attached to an aromatic ring is 1. The van der Waals surface area contributed by atoms with Crippen LogP contribution in [0.4, 0.5) is 10.9 Å². The minimum Gasteiger partial charge on any atom is -0.375 e. The number of hydrogen-bond acceptors (Lipinski definition) is 6. The van der Waals surface area contributed by atoms with Crippen molar-refractivity contribution < 1.29 is 0 Å². The van der Waals surface area contributed by atoms with Crippen molar-refractivity contribution in [3.63, 3.8) is 0 Å². The molecule has 3 aromatic rings. The Kier molecular flexibility index (Phi) is 3.00. The van der Waals surface area contributed by atoms with Crippen LogP contribution in [0.3, 0.4) is 0 Å². The summed E-state index contributed by atoms with van der Waals surface area (Å²) in [6, 6.07) is 3.83. The van der Waals surface area contributed by atoms with Crippen molar-refractivity contribution in [1.82, 2.24) is 19.6 Å². The molecule has 7 heteroatoms. The number of hydrogen-bond donors (Lipinski definition) is 1. The summed E-state index contributed by atoms with van der Waals surface area (Å²) in [6.07, 6.45) is 3.37. The molecule has 0 spiro atoms. The fourth-order valence-corrected chi connectivity index (χ4v) is 2.20. The van der Waals surface area contributed by atoms with Gasteiger partial charge in [-0.1, -0.05) is 11.3 Å². The zero-order valence-electron chi connectivity index (χ0n) is 11.0. The standard InChI is InChI=1S/C13H12N6S/c1-18(2)12-6-5-11-15-7-9(19(11)17-12)3-4-10-8-16-13(14)20-10/h5-8H,1-2H3,(H2,14,16). The number of nitrogens with zero attached hydrogens (tertiary/aromatic N) is 5. The summed E-state index contributed by atoms with van der Waals surface area (Å²) < 4.78 is 1.73. The first-order valence-electron chi connectivity index (χ1n) is 5.89. The Hall–Kier alpha value is -2.59. The Morgan fingerprint density at radius 2 is 2.05 bits per heavy atom. The first-order chi connectivity index (χ1) is 9.63. The normalized spacial score (nSPS) is 10.3. The molecule has 0 saturated heterocycles. The zero-order chi connectivity index (χ0) is 14.1. The molecule has 6 nitrogen and oxygen atoms in total. The summed E-state index contributed by atoms with van der Waals surface area (Å²) in [5, 5.41) is 5.01. The van der Waals surface area contributed by atoms with Crippen LogP contribution in [-0.4, -0.2) is 33.7 Å². The molecule has 0 aromatic carbocycles. The van der Waals surface area contributed by atoms with Gasteiger partial charge < -0.3 is 10.6 Å². The first kappa shape index (κ1) is 12.4. The third kappa shape index (κ3) is 2.29. The summed E-state index contributed by atoms with van der Waals surface area (Å²) in [7, 11) is 3.88. The second kappa shape index (κ2) is 4.83. The fourth-order valence-electron chi connectivity index (χ4n) is 1.66. The van der Waals surface area contributed by atoms with E-state index in [1.165, 1.54) is 11.3 Å².